The van der Waals surface area contributed by atoms with E-state index in [4.69, 9.17) is 11.6 Å². The number of nitrogens with one attached hydrogen (secondary N) is 1. The number of carbonyl (C=O) groups excluding carboxylic acids is 1. The first kappa shape index (κ1) is 13.1. The monoisotopic (exact) mass is 279 g/mol. The van der Waals surface area contributed by atoms with Gasteiger partial charge in [-0.2, -0.15) is 0 Å². The van der Waals surface area contributed by atoms with Crippen molar-refractivity contribution in [1.29, 1.82) is 0 Å². The van der Waals surface area contributed by atoms with E-state index < -0.39 is 0 Å². The van der Waals surface area contributed by atoms with Crippen LogP contribution >= 0.6 is 22.9 Å². The van der Waals surface area contributed by atoms with Gasteiger partial charge in [-0.1, -0.05) is 30.3 Å². The van der Waals surface area contributed by atoms with Crippen molar-refractivity contribution in [2.45, 2.75) is 12.3 Å². The van der Waals surface area contributed by atoms with E-state index in [1.165, 1.54) is 11.3 Å². The van der Waals surface area contributed by atoms with Crippen LogP contribution in [0.1, 0.15) is 26.2 Å². The van der Waals surface area contributed by atoms with E-state index >= 15 is 0 Å². The molecule has 0 bridgehead atoms. The van der Waals surface area contributed by atoms with Crippen molar-refractivity contribution in [1.82, 2.24) is 5.32 Å². The molecule has 2 nitrogen and oxygen atoms in total. The van der Waals surface area contributed by atoms with Gasteiger partial charge in [0.25, 0.3) is 5.91 Å². The Balaban J connectivity index is 1.93. The van der Waals surface area contributed by atoms with Gasteiger partial charge in [0.05, 0.1) is 10.3 Å². The number of alkyl halides is 1. The summed E-state index contributed by atoms with van der Waals surface area (Å²) >= 11 is 7.69. The summed E-state index contributed by atoms with van der Waals surface area (Å²) in [6, 6.07) is 11.7. The molecule has 94 valence electrons. The molecule has 1 N–H and O–H groups in total. The number of aryl methyl sites for hydroxylation is 1. The second kappa shape index (κ2) is 6.03. The third-order valence-corrected chi connectivity index (χ3v) is 4.09. The molecule has 2 aromatic rings. The lowest BCUT2D eigenvalue weighted by Gasteiger charge is -2.11. The van der Waals surface area contributed by atoms with Gasteiger partial charge in [-0.25, -0.2) is 0 Å². The predicted molar refractivity (Wildman–Crippen MR) is 76.4 cm³/mol. The summed E-state index contributed by atoms with van der Waals surface area (Å²) < 4.78 is 0. The Bertz CT molecular complexity index is 524. The van der Waals surface area contributed by atoms with E-state index in [9.17, 15) is 4.79 Å². The highest BCUT2D eigenvalue weighted by Gasteiger charge is 2.13. The molecule has 1 atom stereocenters. The molecule has 0 fully saturated rings. The summed E-state index contributed by atoms with van der Waals surface area (Å²) in [6.07, 6.45) is 0. The van der Waals surface area contributed by atoms with Gasteiger partial charge in [0.15, 0.2) is 0 Å². The van der Waals surface area contributed by atoms with Crippen molar-refractivity contribution in [3.8, 4) is 0 Å². The highest BCUT2D eigenvalue weighted by molar-refractivity contribution is 7.12. The lowest BCUT2D eigenvalue weighted by Crippen LogP contribution is -2.26. The first-order chi connectivity index (χ1) is 8.68. The number of benzene rings is 1. The second-order valence-electron chi connectivity index (χ2n) is 4.02. The highest BCUT2D eigenvalue weighted by atomic mass is 35.5. The molecule has 0 radical (unpaired) electrons. The van der Waals surface area contributed by atoms with Crippen molar-refractivity contribution in [3.05, 3.63) is 57.8 Å². The lowest BCUT2D eigenvalue weighted by molar-refractivity contribution is 0.0957. The van der Waals surface area contributed by atoms with E-state index in [-0.39, 0.29) is 11.3 Å². The van der Waals surface area contributed by atoms with Gasteiger partial charge < -0.3 is 5.32 Å². The minimum atomic E-state index is -0.199. The van der Waals surface area contributed by atoms with Crippen LogP contribution in [0.15, 0.2) is 41.8 Å². The summed E-state index contributed by atoms with van der Waals surface area (Å²) in [5.41, 5.74) is 2.02. The number of rotatable bonds is 4. The molecule has 0 spiro atoms. The van der Waals surface area contributed by atoms with Crippen molar-refractivity contribution in [2.75, 3.05) is 6.54 Å². The fourth-order valence-corrected chi connectivity index (χ4v) is 2.71. The van der Waals surface area contributed by atoms with E-state index in [0.717, 1.165) is 16.0 Å². The standard InChI is InChI=1S/C14H14ClNOS/c1-10-7-8-18-13(10)14(17)16-9-12(15)11-5-3-2-4-6-11/h2-8,12H,9H2,1H3,(H,16,17). The van der Waals surface area contributed by atoms with Crippen LogP contribution in [0.3, 0.4) is 0 Å². The number of halogens is 1. The molecule has 0 aliphatic carbocycles. The Labute approximate surface area is 116 Å². The minimum absolute atomic E-state index is 0.0518. The zero-order chi connectivity index (χ0) is 13.0. The molecule has 1 amide bonds. The number of amides is 1. The summed E-state index contributed by atoms with van der Waals surface area (Å²) in [4.78, 5) is 12.7. The molecule has 1 heterocycles. The summed E-state index contributed by atoms with van der Waals surface area (Å²) in [6.45, 7) is 2.36. The topological polar surface area (TPSA) is 29.1 Å². The smallest absolute Gasteiger partial charge is 0.261 e. The van der Waals surface area contributed by atoms with Crippen LogP contribution in [0.4, 0.5) is 0 Å². The Morgan fingerprint density at radius 2 is 2.06 bits per heavy atom. The van der Waals surface area contributed by atoms with Crippen molar-refractivity contribution < 1.29 is 4.79 Å². The van der Waals surface area contributed by atoms with Gasteiger partial charge in [-0.3, -0.25) is 4.79 Å². The van der Waals surface area contributed by atoms with Crippen molar-refractivity contribution in [3.63, 3.8) is 0 Å². The van der Waals surface area contributed by atoms with Crippen LogP contribution in [0.2, 0.25) is 0 Å². The van der Waals surface area contributed by atoms with Crippen LogP contribution in [-0.2, 0) is 0 Å². The Morgan fingerprint density at radius 1 is 1.33 bits per heavy atom. The summed E-state index contributed by atoms with van der Waals surface area (Å²) in [5.74, 6) is -0.0518. The first-order valence-electron chi connectivity index (χ1n) is 5.70. The molecule has 1 unspecified atom stereocenters. The van der Waals surface area contributed by atoms with Crippen LogP contribution in [-0.4, -0.2) is 12.5 Å². The number of hydrogen-bond donors (Lipinski definition) is 1. The fourth-order valence-electron chi connectivity index (χ4n) is 1.65. The molecule has 0 aliphatic heterocycles. The number of thiophene rings is 1. The molecule has 4 heteroatoms. The summed E-state index contributed by atoms with van der Waals surface area (Å²) in [5, 5.41) is 4.58. The van der Waals surface area contributed by atoms with Gasteiger partial charge in [0.2, 0.25) is 0 Å². The van der Waals surface area contributed by atoms with Gasteiger partial charge in [-0.05, 0) is 29.5 Å². The molecule has 2 rings (SSSR count). The quantitative estimate of drug-likeness (QED) is 0.848. The average molecular weight is 280 g/mol. The van der Waals surface area contributed by atoms with Gasteiger partial charge >= 0.3 is 0 Å². The third kappa shape index (κ3) is 3.12. The molecule has 0 saturated carbocycles. The Kier molecular flexibility index (Phi) is 4.39. The molecule has 1 aromatic carbocycles. The van der Waals surface area contributed by atoms with E-state index in [2.05, 4.69) is 5.32 Å². The fraction of sp³-hybridized carbons (Fsp3) is 0.214. The van der Waals surface area contributed by atoms with Gasteiger partial charge in [0, 0.05) is 6.54 Å². The largest absolute Gasteiger partial charge is 0.350 e. The molecule has 18 heavy (non-hydrogen) atoms. The lowest BCUT2D eigenvalue weighted by atomic mass is 10.1. The molecular formula is C14H14ClNOS. The molecule has 0 saturated heterocycles. The maximum absolute atomic E-state index is 11.9. The van der Waals surface area contributed by atoms with E-state index in [1.807, 2.05) is 48.7 Å². The zero-order valence-corrected chi connectivity index (χ0v) is 11.6. The average Bonchev–Trinajstić information content (AvgIpc) is 2.83. The Hall–Kier alpha value is -1.32. The van der Waals surface area contributed by atoms with Crippen LogP contribution in [0.5, 0.6) is 0 Å². The third-order valence-electron chi connectivity index (χ3n) is 2.67. The van der Waals surface area contributed by atoms with Crippen molar-refractivity contribution in [2.24, 2.45) is 0 Å². The highest BCUT2D eigenvalue weighted by Crippen LogP contribution is 2.20. The van der Waals surface area contributed by atoms with Gasteiger partial charge in [0.1, 0.15) is 0 Å². The number of hydrogen-bond acceptors (Lipinski definition) is 2. The molecule has 0 aliphatic rings. The second-order valence-corrected chi connectivity index (χ2v) is 5.46. The van der Waals surface area contributed by atoms with E-state index in [0.29, 0.717) is 6.54 Å². The molecule has 1 aromatic heterocycles. The number of carbonyl (C=O) groups is 1. The minimum Gasteiger partial charge on any atom is -0.350 e. The normalized spacial score (nSPS) is 12.1. The first-order valence-corrected chi connectivity index (χ1v) is 7.01. The summed E-state index contributed by atoms with van der Waals surface area (Å²) in [7, 11) is 0. The zero-order valence-electron chi connectivity index (χ0n) is 10.0. The maximum atomic E-state index is 11.9. The van der Waals surface area contributed by atoms with Crippen molar-refractivity contribution >= 4 is 28.8 Å². The Morgan fingerprint density at radius 3 is 2.67 bits per heavy atom. The van der Waals surface area contributed by atoms with Crippen LogP contribution in [0.25, 0.3) is 0 Å². The van der Waals surface area contributed by atoms with Crippen LogP contribution in [0, 0.1) is 6.92 Å². The van der Waals surface area contributed by atoms with E-state index in [1.54, 1.807) is 0 Å². The van der Waals surface area contributed by atoms with Gasteiger partial charge in [-0.15, -0.1) is 22.9 Å². The molecular weight excluding hydrogens is 266 g/mol. The SMILES string of the molecule is Cc1ccsc1C(=O)NCC(Cl)c1ccccc1. The predicted octanol–water partition coefficient (Wildman–Crippen LogP) is 3.77. The van der Waals surface area contributed by atoms with Crippen LogP contribution < -0.4 is 5.32 Å². The maximum Gasteiger partial charge on any atom is 0.261 e.